The zero-order chi connectivity index (χ0) is 15.0. The molecule has 1 aromatic rings. The highest BCUT2D eigenvalue weighted by molar-refractivity contribution is 7.85. The van der Waals surface area contributed by atoms with Crippen LogP contribution in [0.4, 0.5) is 22.0 Å². The molecule has 0 aliphatic rings. The van der Waals surface area contributed by atoms with Gasteiger partial charge < -0.3 is 0 Å². The van der Waals surface area contributed by atoms with Gasteiger partial charge in [0.25, 0.3) is 10.1 Å². The van der Waals surface area contributed by atoms with Gasteiger partial charge in [-0.2, -0.15) is 17.2 Å². The third-order valence-electron chi connectivity index (χ3n) is 2.45. The van der Waals surface area contributed by atoms with Crippen molar-refractivity contribution in [1.29, 1.82) is 0 Å². The topological polar surface area (TPSA) is 54.4 Å². The summed E-state index contributed by atoms with van der Waals surface area (Å²) in [4.78, 5) is -0.846. The maximum atomic E-state index is 13.5. The Morgan fingerprint density at radius 3 is 2.16 bits per heavy atom. The molecule has 0 saturated carbocycles. The van der Waals surface area contributed by atoms with Gasteiger partial charge in [-0.3, -0.25) is 4.55 Å². The summed E-state index contributed by atoms with van der Waals surface area (Å²) >= 11 is 0. The average molecular weight is 304 g/mol. The molecule has 0 bridgehead atoms. The van der Waals surface area contributed by atoms with Crippen molar-refractivity contribution in [3.05, 3.63) is 29.3 Å². The minimum atomic E-state index is -4.96. The van der Waals surface area contributed by atoms with Crippen LogP contribution in [0.15, 0.2) is 23.1 Å². The summed E-state index contributed by atoms with van der Waals surface area (Å²) in [5.41, 5.74) is -1.05. The van der Waals surface area contributed by atoms with Crippen molar-refractivity contribution in [3.8, 4) is 0 Å². The summed E-state index contributed by atoms with van der Waals surface area (Å²) in [5, 5.41) is 0. The van der Waals surface area contributed by atoms with E-state index in [-0.39, 0.29) is 5.56 Å². The van der Waals surface area contributed by atoms with E-state index < -0.39 is 39.1 Å². The molecule has 0 amide bonds. The van der Waals surface area contributed by atoms with Crippen molar-refractivity contribution < 1.29 is 34.9 Å². The Hall–Kier alpha value is -1.22. The van der Waals surface area contributed by atoms with E-state index in [0.29, 0.717) is 6.07 Å². The highest BCUT2D eigenvalue weighted by Gasteiger charge is 2.50. The molecule has 0 heterocycles. The smallest absolute Gasteiger partial charge is 0.282 e. The van der Waals surface area contributed by atoms with Crippen molar-refractivity contribution >= 4 is 10.1 Å². The maximum Gasteiger partial charge on any atom is 0.341 e. The molecule has 0 fully saturated rings. The maximum absolute atomic E-state index is 13.5. The standard InChI is InChI=1S/C10H9F5O3S/c1-5-2-3-6(19(16,17)18)4-7(5)8(11)10(14,15)9(12)13/h2-4,8-9H,1H3,(H,16,17,18). The molecule has 0 aliphatic carbocycles. The van der Waals surface area contributed by atoms with Crippen molar-refractivity contribution in [2.24, 2.45) is 0 Å². The Labute approximate surface area is 105 Å². The van der Waals surface area contributed by atoms with Gasteiger partial charge in [0.05, 0.1) is 4.90 Å². The third kappa shape index (κ3) is 3.21. The lowest BCUT2D eigenvalue weighted by atomic mass is 10.0. The lowest BCUT2D eigenvalue weighted by Crippen LogP contribution is -2.32. The quantitative estimate of drug-likeness (QED) is 0.687. The van der Waals surface area contributed by atoms with Crippen LogP contribution in [0.2, 0.25) is 0 Å². The molecular weight excluding hydrogens is 295 g/mol. The molecule has 1 atom stereocenters. The zero-order valence-corrected chi connectivity index (χ0v) is 10.3. The highest BCUT2D eigenvalue weighted by atomic mass is 32.2. The van der Waals surface area contributed by atoms with Crippen LogP contribution in [0.5, 0.6) is 0 Å². The summed E-state index contributed by atoms with van der Waals surface area (Å²) in [6.07, 6.45) is -7.62. The molecule has 0 spiro atoms. The first kappa shape index (κ1) is 15.8. The Bertz CT molecular complexity index is 571. The Morgan fingerprint density at radius 1 is 1.21 bits per heavy atom. The van der Waals surface area contributed by atoms with Crippen molar-refractivity contribution in [2.75, 3.05) is 0 Å². The van der Waals surface area contributed by atoms with Crippen LogP contribution in [0.3, 0.4) is 0 Å². The first-order valence-corrected chi connectivity index (χ1v) is 6.30. The highest BCUT2D eigenvalue weighted by Crippen LogP contribution is 2.41. The van der Waals surface area contributed by atoms with Crippen LogP contribution < -0.4 is 0 Å². The molecule has 9 heteroatoms. The molecule has 1 unspecified atom stereocenters. The molecule has 19 heavy (non-hydrogen) atoms. The first-order valence-electron chi connectivity index (χ1n) is 4.86. The van der Waals surface area contributed by atoms with Gasteiger partial charge in [-0.25, -0.2) is 13.2 Å². The number of hydrogen-bond donors (Lipinski definition) is 1. The number of aryl methyl sites for hydroxylation is 1. The van der Waals surface area contributed by atoms with E-state index in [1.807, 2.05) is 0 Å². The molecule has 1 N–H and O–H groups in total. The van der Waals surface area contributed by atoms with E-state index in [2.05, 4.69) is 0 Å². The molecule has 0 radical (unpaired) electrons. The van der Waals surface area contributed by atoms with Crippen LogP contribution in [0, 0.1) is 6.92 Å². The zero-order valence-electron chi connectivity index (χ0n) is 9.45. The lowest BCUT2D eigenvalue weighted by Gasteiger charge is -2.21. The summed E-state index contributed by atoms with van der Waals surface area (Å²) in [6, 6.07) is 2.19. The van der Waals surface area contributed by atoms with Crippen molar-refractivity contribution in [3.63, 3.8) is 0 Å². The first-order chi connectivity index (χ1) is 8.48. The molecule has 0 aromatic heterocycles. The Balaban J connectivity index is 3.35. The van der Waals surface area contributed by atoms with Crippen LogP contribution in [0.25, 0.3) is 0 Å². The minimum absolute atomic E-state index is 0.139. The van der Waals surface area contributed by atoms with E-state index in [0.717, 1.165) is 19.1 Å². The second-order valence-corrected chi connectivity index (χ2v) is 5.25. The van der Waals surface area contributed by atoms with Crippen LogP contribution >= 0.6 is 0 Å². The minimum Gasteiger partial charge on any atom is -0.282 e. The molecule has 1 aromatic carbocycles. The van der Waals surface area contributed by atoms with Crippen LogP contribution in [-0.2, 0) is 10.1 Å². The van der Waals surface area contributed by atoms with Crippen molar-refractivity contribution in [1.82, 2.24) is 0 Å². The van der Waals surface area contributed by atoms with Gasteiger partial charge in [-0.1, -0.05) is 6.07 Å². The predicted octanol–water partition coefficient (Wildman–Crippen LogP) is 3.15. The second kappa shape index (κ2) is 5.04. The van der Waals surface area contributed by atoms with Gasteiger partial charge >= 0.3 is 12.3 Å². The molecule has 3 nitrogen and oxygen atoms in total. The summed E-state index contributed by atoms with van der Waals surface area (Å²) in [5.74, 6) is -4.96. The fourth-order valence-corrected chi connectivity index (χ4v) is 1.89. The van der Waals surface area contributed by atoms with Gasteiger partial charge in [0.15, 0.2) is 6.17 Å². The van der Waals surface area contributed by atoms with Gasteiger partial charge in [0, 0.05) is 0 Å². The number of hydrogen-bond acceptors (Lipinski definition) is 2. The van der Waals surface area contributed by atoms with Gasteiger partial charge in [-0.05, 0) is 30.2 Å². The predicted molar refractivity (Wildman–Crippen MR) is 55.8 cm³/mol. The fraction of sp³-hybridized carbons (Fsp3) is 0.400. The summed E-state index contributed by atoms with van der Waals surface area (Å²) in [6.45, 7) is 1.15. The SMILES string of the molecule is Cc1ccc(S(=O)(=O)O)cc1C(F)C(F)(F)C(F)F. The van der Waals surface area contributed by atoms with E-state index >= 15 is 0 Å². The second-order valence-electron chi connectivity index (χ2n) is 3.83. The normalized spacial score (nSPS) is 14.7. The van der Waals surface area contributed by atoms with Crippen LogP contribution in [-0.4, -0.2) is 25.3 Å². The van der Waals surface area contributed by atoms with Crippen molar-refractivity contribution in [2.45, 2.75) is 30.3 Å². The van der Waals surface area contributed by atoms with Gasteiger partial charge in [-0.15, -0.1) is 0 Å². The van der Waals surface area contributed by atoms with E-state index in [1.165, 1.54) is 0 Å². The monoisotopic (exact) mass is 304 g/mol. The Morgan fingerprint density at radius 2 is 1.74 bits per heavy atom. The number of benzene rings is 1. The largest absolute Gasteiger partial charge is 0.341 e. The number of alkyl halides is 5. The van der Waals surface area contributed by atoms with Crippen LogP contribution in [0.1, 0.15) is 17.3 Å². The molecule has 1 rings (SSSR count). The Kier molecular flexibility index (Phi) is 4.20. The summed E-state index contributed by atoms with van der Waals surface area (Å²) in [7, 11) is -4.74. The summed E-state index contributed by atoms with van der Waals surface area (Å²) < 4.78 is 93.7. The fourth-order valence-electron chi connectivity index (χ4n) is 1.37. The number of rotatable bonds is 4. The van der Waals surface area contributed by atoms with E-state index in [1.54, 1.807) is 0 Å². The average Bonchev–Trinajstić information content (AvgIpc) is 2.26. The molecule has 0 aliphatic heterocycles. The van der Waals surface area contributed by atoms with E-state index in [9.17, 15) is 30.4 Å². The van der Waals surface area contributed by atoms with Gasteiger partial charge in [0.2, 0.25) is 0 Å². The molecule has 0 saturated heterocycles. The third-order valence-corrected chi connectivity index (χ3v) is 3.30. The molecular formula is C10H9F5O3S. The van der Waals surface area contributed by atoms with E-state index in [4.69, 9.17) is 4.55 Å². The van der Waals surface area contributed by atoms with Gasteiger partial charge in [0.1, 0.15) is 0 Å². The molecule has 108 valence electrons. The lowest BCUT2D eigenvalue weighted by molar-refractivity contribution is -0.172. The number of halogens is 5.